The van der Waals surface area contributed by atoms with E-state index >= 15 is 0 Å². The van der Waals surface area contributed by atoms with Crippen molar-refractivity contribution in [2.45, 2.75) is 22.4 Å². The molecule has 3 aromatic carbocycles. The predicted molar refractivity (Wildman–Crippen MR) is 204 cm³/mol. The van der Waals surface area contributed by atoms with Crippen LogP contribution in [-0.4, -0.2) is 61.5 Å². The van der Waals surface area contributed by atoms with E-state index in [1.54, 1.807) is 42.6 Å². The second-order valence-corrected chi connectivity index (χ2v) is 15.5. The zero-order valence-electron chi connectivity index (χ0n) is 26.9. The Morgan fingerprint density at radius 2 is 1.63 bits per heavy atom. The van der Waals surface area contributed by atoms with Gasteiger partial charge in [0.05, 0.1) is 20.7 Å². The molecule has 15 heteroatoms. The number of β-lactam (4-membered cyclic amide) rings is 1. The molecule has 4 heterocycles. The largest absolute Gasteiger partial charge is 0.448 e. The van der Waals surface area contributed by atoms with Crippen molar-refractivity contribution >= 4 is 92.5 Å². The van der Waals surface area contributed by atoms with E-state index in [1.807, 2.05) is 60.7 Å². The van der Waals surface area contributed by atoms with E-state index in [9.17, 15) is 19.2 Å². The number of thioether (sulfide) groups is 2. The molecule has 0 spiro atoms. The molecule has 3 amide bonds. The average Bonchev–Trinajstić information content (AvgIpc) is 3.64. The molecule has 10 nitrogen and oxygen atoms in total. The molecule has 2 aromatic heterocycles. The lowest BCUT2D eigenvalue weighted by molar-refractivity contribution is -0.154. The fraction of sp³-hybridized carbons (Fsp3) is 0.135. The van der Waals surface area contributed by atoms with E-state index in [0.29, 0.717) is 31.4 Å². The van der Waals surface area contributed by atoms with Crippen molar-refractivity contribution in [2.24, 2.45) is 0 Å². The molecule has 2 unspecified atom stereocenters. The molecule has 5 aromatic rings. The highest BCUT2D eigenvalue weighted by Gasteiger charge is 2.55. The van der Waals surface area contributed by atoms with Gasteiger partial charge in [0, 0.05) is 28.6 Å². The lowest BCUT2D eigenvalue weighted by Crippen LogP contribution is -2.70. The van der Waals surface area contributed by atoms with Gasteiger partial charge in [0.1, 0.15) is 22.8 Å². The molecule has 7 rings (SSSR count). The number of nitrogens with one attached hydrogen (secondary N) is 2. The highest BCUT2D eigenvalue weighted by Crippen LogP contribution is 2.45. The highest BCUT2D eigenvalue weighted by atomic mass is 35.5. The number of carbonyl (C=O) groups excluding carboxylic acids is 4. The summed E-state index contributed by atoms with van der Waals surface area (Å²) in [5.74, 6) is -1.59. The van der Waals surface area contributed by atoms with Crippen LogP contribution in [0.4, 0.5) is 5.13 Å². The van der Waals surface area contributed by atoms with Gasteiger partial charge < -0.3 is 10.1 Å². The Balaban J connectivity index is 1.16. The quantitative estimate of drug-likeness (QED) is 0.0803. The number of pyridine rings is 1. The molecular formula is C37H27Cl2N5O5S3. The first-order valence-corrected chi connectivity index (χ1v) is 19.4. The minimum atomic E-state index is -0.856. The van der Waals surface area contributed by atoms with Gasteiger partial charge in [-0.25, -0.2) is 9.78 Å². The first-order valence-electron chi connectivity index (χ1n) is 15.8. The van der Waals surface area contributed by atoms with Crippen LogP contribution in [0.5, 0.6) is 0 Å². The Morgan fingerprint density at radius 1 is 0.923 bits per heavy atom. The Morgan fingerprint density at radius 3 is 2.31 bits per heavy atom. The second kappa shape index (κ2) is 15.9. The molecule has 0 aliphatic carbocycles. The molecule has 2 aliphatic rings. The molecule has 2 N–H and O–H groups in total. The Bertz CT molecular complexity index is 2130. The van der Waals surface area contributed by atoms with Crippen LogP contribution < -0.4 is 10.6 Å². The first kappa shape index (κ1) is 35.7. The van der Waals surface area contributed by atoms with Gasteiger partial charge in [-0.1, -0.05) is 101 Å². The van der Waals surface area contributed by atoms with Crippen molar-refractivity contribution in [3.63, 3.8) is 0 Å². The zero-order chi connectivity index (χ0) is 36.2. The Labute approximate surface area is 321 Å². The van der Waals surface area contributed by atoms with E-state index < -0.39 is 35.3 Å². The fourth-order valence-corrected chi connectivity index (χ4v) is 9.03. The van der Waals surface area contributed by atoms with Gasteiger partial charge in [0.2, 0.25) is 5.91 Å². The summed E-state index contributed by atoms with van der Waals surface area (Å²) in [6.07, 6.45) is 2.31. The van der Waals surface area contributed by atoms with E-state index in [-0.39, 0.29) is 23.1 Å². The third-order valence-electron chi connectivity index (χ3n) is 8.09. The number of anilines is 1. The average molecular weight is 789 g/mol. The Hall–Kier alpha value is -4.66. The van der Waals surface area contributed by atoms with E-state index in [0.717, 1.165) is 27.4 Å². The maximum atomic E-state index is 14.4. The number of ether oxygens (including phenoxy) is 1. The molecule has 262 valence electrons. The normalized spacial score (nSPS) is 16.6. The minimum Gasteiger partial charge on any atom is -0.448 e. The van der Waals surface area contributed by atoms with Crippen molar-refractivity contribution in [1.29, 1.82) is 0 Å². The number of benzene rings is 3. The third-order valence-corrected chi connectivity index (χ3v) is 12.1. The minimum absolute atomic E-state index is 0.0405. The fourth-order valence-electron chi connectivity index (χ4n) is 5.60. The lowest BCUT2D eigenvalue weighted by Gasteiger charge is -2.49. The van der Waals surface area contributed by atoms with Crippen LogP contribution in [0.25, 0.3) is 5.57 Å². The van der Waals surface area contributed by atoms with Crippen LogP contribution in [0.2, 0.25) is 10.0 Å². The van der Waals surface area contributed by atoms with Crippen molar-refractivity contribution in [3.8, 4) is 0 Å². The third kappa shape index (κ3) is 7.74. The van der Waals surface area contributed by atoms with Crippen LogP contribution in [0.15, 0.2) is 120 Å². The van der Waals surface area contributed by atoms with Crippen molar-refractivity contribution in [2.75, 3.05) is 16.8 Å². The van der Waals surface area contributed by atoms with Crippen LogP contribution in [-0.2, 0) is 19.1 Å². The van der Waals surface area contributed by atoms with Gasteiger partial charge in [-0.3, -0.25) is 29.6 Å². The monoisotopic (exact) mass is 787 g/mol. The first-order chi connectivity index (χ1) is 25.3. The number of halogens is 2. The number of hydrogen-bond acceptors (Lipinski definition) is 10. The van der Waals surface area contributed by atoms with Crippen molar-refractivity contribution in [1.82, 2.24) is 20.2 Å². The Kier molecular flexibility index (Phi) is 10.9. The molecule has 2 atom stereocenters. The predicted octanol–water partition coefficient (Wildman–Crippen LogP) is 7.33. The van der Waals surface area contributed by atoms with E-state index in [2.05, 4.69) is 20.6 Å². The molecule has 0 saturated carbocycles. The molecule has 1 fully saturated rings. The number of esters is 1. The summed E-state index contributed by atoms with van der Waals surface area (Å²) < 4.78 is 6.26. The summed E-state index contributed by atoms with van der Waals surface area (Å²) >= 11 is 16.0. The summed E-state index contributed by atoms with van der Waals surface area (Å²) in [6, 6.07) is 27.9. The number of nitrogens with zero attached hydrogens (tertiary/aromatic N) is 3. The number of hydrogen-bond donors (Lipinski definition) is 2. The summed E-state index contributed by atoms with van der Waals surface area (Å²) in [4.78, 5) is 65.3. The van der Waals surface area contributed by atoms with Gasteiger partial charge >= 0.3 is 5.97 Å². The molecule has 0 bridgehead atoms. The summed E-state index contributed by atoms with van der Waals surface area (Å²) in [5.41, 5.74) is 2.31. The number of carbonyl (C=O) groups is 4. The van der Waals surface area contributed by atoms with Gasteiger partial charge in [-0.15, -0.1) is 23.5 Å². The number of fused-ring (bicyclic) bond motifs is 1. The molecule has 1 saturated heterocycles. The van der Waals surface area contributed by atoms with Crippen molar-refractivity contribution in [3.05, 3.63) is 147 Å². The van der Waals surface area contributed by atoms with Crippen molar-refractivity contribution < 1.29 is 23.9 Å². The molecule has 2 aliphatic heterocycles. The number of thiazole rings is 1. The van der Waals surface area contributed by atoms with Crippen LogP contribution >= 0.6 is 58.1 Å². The maximum Gasteiger partial charge on any atom is 0.356 e. The van der Waals surface area contributed by atoms with Crippen LogP contribution in [0, 0.1) is 0 Å². The van der Waals surface area contributed by atoms with E-state index in [4.69, 9.17) is 27.9 Å². The van der Waals surface area contributed by atoms with Gasteiger partial charge in [0.25, 0.3) is 11.8 Å². The SMILES string of the molecule is O=C(CSc1ccc(Cl)c(Cl)c1)NC1C(=O)N2C(C(=O)OC(c3ccccc3)c3ccccc3)=C(c3cnc(NC(=O)c4ccccn4)s3)CSC12. The topological polar surface area (TPSA) is 131 Å². The summed E-state index contributed by atoms with van der Waals surface area (Å²) in [7, 11) is 0. The smallest absolute Gasteiger partial charge is 0.356 e. The zero-order valence-corrected chi connectivity index (χ0v) is 30.9. The molecular weight excluding hydrogens is 762 g/mol. The second-order valence-electron chi connectivity index (χ2n) is 11.5. The van der Waals surface area contributed by atoms with Gasteiger partial charge in [-0.05, 0) is 41.5 Å². The summed E-state index contributed by atoms with van der Waals surface area (Å²) in [6.45, 7) is 0. The maximum absolute atomic E-state index is 14.4. The number of aromatic nitrogens is 2. The molecule has 52 heavy (non-hydrogen) atoms. The van der Waals surface area contributed by atoms with Gasteiger partial charge in [0.15, 0.2) is 11.2 Å². The number of amides is 3. The van der Waals surface area contributed by atoms with E-state index in [1.165, 1.54) is 34.6 Å². The van der Waals surface area contributed by atoms with Crippen LogP contribution in [0.3, 0.4) is 0 Å². The standard InChI is InChI=1S/C37H27Cl2N5O5S3/c38-25-15-14-23(17-26(25)39)50-20-29(45)42-30-34(47)44-31(36(48)49-32(21-9-3-1-4-10-21)22-11-5-2-6-12-22)24(19-51-35(30)44)28-18-41-37(52-28)43-33(46)27-13-7-8-16-40-27/h1-18,30,32,35H,19-20H2,(H,42,45)(H,41,43,46). The summed E-state index contributed by atoms with van der Waals surface area (Å²) in [5, 5.41) is 6.12. The highest BCUT2D eigenvalue weighted by molar-refractivity contribution is 8.00. The van der Waals surface area contributed by atoms with Crippen LogP contribution in [0.1, 0.15) is 32.6 Å². The number of rotatable bonds is 11. The lowest BCUT2D eigenvalue weighted by atomic mass is 10.0. The van der Waals surface area contributed by atoms with Gasteiger partial charge in [-0.2, -0.15) is 0 Å². The molecule has 0 radical (unpaired) electrons.